The van der Waals surface area contributed by atoms with Crippen molar-refractivity contribution in [2.75, 3.05) is 18.4 Å². The summed E-state index contributed by atoms with van der Waals surface area (Å²) in [6.45, 7) is 3.78. The first-order valence-electron chi connectivity index (χ1n) is 5.18. The minimum absolute atomic E-state index is 0.0694. The highest BCUT2D eigenvalue weighted by Crippen LogP contribution is 2.17. The third-order valence-electron chi connectivity index (χ3n) is 2.93. The highest BCUT2D eigenvalue weighted by atomic mass is 16.2. The minimum Gasteiger partial charge on any atom is -0.316 e. The molecule has 0 radical (unpaired) electrons. The van der Waals surface area contributed by atoms with Gasteiger partial charge in [-0.15, -0.1) is 0 Å². The number of aryl methyl sites for hydroxylation is 1. The molecule has 1 aliphatic heterocycles. The van der Waals surface area contributed by atoms with Gasteiger partial charge < -0.3 is 10.6 Å². The molecule has 1 amide bonds. The van der Waals surface area contributed by atoms with Gasteiger partial charge in [0.05, 0.1) is 12.1 Å². The lowest BCUT2D eigenvalue weighted by Crippen LogP contribution is -2.28. The molecule has 1 aromatic heterocycles. The van der Waals surface area contributed by atoms with E-state index in [-0.39, 0.29) is 11.8 Å². The van der Waals surface area contributed by atoms with Crippen LogP contribution >= 0.6 is 0 Å². The zero-order chi connectivity index (χ0) is 10.8. The Morgan fingerprint density at radius 2 is 2.47 bits per heavy atom. The summed E-state index contributed by atoms with van der Waals surface area (Å²) < 4.78 is 1.66. The van der Waals surface area contributed by atoms with Crippen molar-refractivity contribution in [2.45, 2.75) is 6.92 Å². The van der Waals surface area contributed by atoms with E-state index in [9.17, 15) is 4.79 Å². The largest absolute Gasteiger partial charge is 0.316 e. The molecule has 1 aromatic rings. The molecule has 0 saturated carbocycles. The van der Waals surface area contributed by atoms with E-state index in [1.165, 1.54) is 0 Å². The quantitative estimate of drug-likeness (QED) is 0.730. The second-order valence-electron chi connectivity index (χ2n) is 4.07. The average molecular weight is 208 g/mol. The summed E-state index contributed by atoms with van der Waals surface area (Å²) in [7, 11) is 1.81. The van der Waals surface area contributed by atoms with Gasteiger partial charge in [0.25, 0.3) is 0 Å². The van der Waals surface area contributed by atoms with Crippen LogP contribution in [0.25, 0.3) is 0 Å². The number of hydrogen-bond donors (Lipinski definition) is 2. The number of amides is 1. The van der Waals surface area contributed by atoms with Crippen molar-refractivity contribution in [1.29, 1.82) is 0 Å². The molecule has 15 heavy (non-hydrogen) atoms. The summed E-state index contributed by atoms with van der Waals surface area (Å²) in [6, 6.07) is 1.80. The molecular weight excluding hydrogens is 192 g/mol. The van der Waals surface area contributed by atoms with Gasteiger partial charge in [0.15, 0.2) is 0 Å². The van der Waals surface area contributed by atoms with Crippen LogP contribution in [-0.4, -0.2) is 28.8 Å². The van der Waals surface area contributed by atoms with Crippen molar-refractivity contribution in [2.24, 2.45) is 18.9 Å². The number of hydrogen-bond acceptors (Lipinski definition) is 3. The maximum Gasteiger partial charge on any atom is 0.230 e. The first kappa shape index (κ1) is 10.2. The normalized spacial score (nSPS) is 25.5. The lowest BCUT2D eigenvalue weighted by atomic mass is 9.97. The van der Waals surface area contributed by atoms with Crippen LogP contribution in [0.1, 0.15) is 6.92 Å². The summed E-state index contributed by atoms with van der Waals surface area (Å²) in [5.74, 6) is 1.30. The van der Waals surface area contributed by atoms with Crippen molar-refractivity contribution >= 4 is 11.7 Å². The van der Waals surface area contributed by atoms with Gasteiger partial charge in [0, 0.05) is 19.7 Å². The number of carbonyl (C=O) groups excluding carboxylic acids is 1. The molecule has 5 heteroatoms. The third kappa shape index (κ3) is 2.02. The molecule has 2 rings (SSSR count). The molecule has 1 aliphatic rings. The molecule has 2 N–H and O–H groups in total. The second-order valence-corrected chi connectivity index (χ2v) is 4.07. The lowest BCUT2D eigenvalue weighted by molar-refractivity contribution is -0.120. The lowest BCUT2D eigenvalue weighted by Gasteiger charge is -2.13. The van der Waals surface area contributed by atoms with Crippen LogP contribution in [0, 0.1) is 11.8 Å². The maximum atomic E-state index is 11.9. The maximum absolute atomic E-state index is 11.9. The Balaban J connectivity index is 2.01. The minimum atomic E-state index is 0.0694. The van der Waals surface area contributed by atoms with E-state index in [0.29, 0.717) is 5.92 Å². The fourth-order valence-electron chi connectivity index (χ4n) is 1.88. The fraction of sp³-hybridized carbons (Fsp3) is 0.600. The molecule has 0 aliphatic carbocycles. The average Bonchev–Trinajstić information content (AvgIpc) is 2.76. The molecule has 0 bridgehead atoms. The standard InChI is InChI=1S/C10H16N4O/c1-7-5-11-6-8(7)10(15)13-9-3-4-12-14(9)2/h3-4,7-8,11H,5-6H2,1-2H3,(H,13,15)/t7-,8-/m1/s1. The van der Waals surface area contributed by atoms with Crippen molar-refractivity contribution in [3.63, 3.8) is 0 Å². The Kier molecular flexibility index (Phi) is 2.73. The number of nitrogens with zero attached hydrogens (tertiary/aromatic N) is 2. The summed E-state index contributed by atoms with van der Waals surface area (Å²) in [5, 5.41) is 10.1. The van der Waals surface area contributed by atoms with E-state index in [1.807, 2.05) is 7.05 Å². The van der Waals surface area contributed by atoms with E-state index in [1.54, 1.807) is 16.9 Å². The molecule has 2 heterocycles. The van der Waals surface area contributed by atoms with Gasteiger partial charge in [-0.3, -0.25) is 9.48 Å². The van der Waals surface area contributed by atoms with Crippen molar-refractivity contribution in [1.82, 2.24) is 15.1 Å². The molecule has 82 valence electrons. The SMILES string of the molecule is C[C@@H]1CNC[C@H]1C(=O)Nc1ccnn1C. The molecule has 0 aromatic carbocycles. The van der Waals surface area contributed by atoms with E-state index in [4.69, 9.17) is 0 Å². The van der Waals surface area contributed by atoms with E-state index in [2.05, 4.69) is 22.7 Å². The Hall–Kier alpha value is -1.36. The van der Waals surface area contributed by atoms with Gasteiger partial charge in [0.2, 0.25) is 5.91 Å². The van der Waals surface area contributed by atoms with Crippen LogP contribution in [0.3, 0.4) is 0 Å². The van der Waals surface area contributed by atoms with Crippen molar-refractivity contribution in [3.8, 4) is 0 Å². The van der Waals surface area contributed by atoms with Gasteiger partial charge in [0.1, 0.15) is 5.82 Å². The Bertz CT molecular complexity index is 360. The summed E-state index contributed by atoms with van der Waals surface area (Å²) in [4.78, 5) is 11.9. The molecule has 0 spiro atoms. The second kappa shape index (κ2) is 4.02. The van der Waals surface area contributed by atoms with Crippen molar-refractivity contribution < 1.29 is 4.79 Å². The predicted octanol–water partition coefficient (Wildman–Crippen LogP) is 0.214. The van der Waals surface area contributed by atoms with Gasteiger partial charge in [-0.25, -0.2) is 0 Å². The predicted molar refractivity (Wildman–Crippen MR) is 57.4 cm³/mol. The molecule has 0 unspecified atom stereocenters. The molecule has 2 atom stereocenters. The van der Waals surface area contributed by atoms with Crippen LogP contribution in [-0.2, 0) is 11.8 Å². The van der Waals surface area contributed by atoms with E-state index in [0.717, 1.165) is 18.9 Å². The van der Waals surface area contributed by atoms with Crippen LogP contribution < -0.4 is 10.6 Å². The van der Waals surface area contributed by atoms with Crippen LogP contribution in [0.2, 0.25) is 0 Å². The fourth-order valence-corrected chi connectivity index (χ4v) is 1.88. The van der Waals surface area contributed by atoms with Gasteiger partial charge in [-0.05, 0) is 12.5 Å². The number of anilines is 1. The van der Waals surface area contributed by atoms with Crippen LogP contribution in [0.15, 0.2) is 12.3 Å². The summed E-state index contributed by atoms with van der Waals surface area (Å²) >= 11 is 0. The first-order valence-corrected chi connectivity index (χ1v) is 5.18. The summed E-state index contributed by atoms with van der Waals surface area (Å²) in [5.41, 5.74) is 0. The highest BCUT2D eigenvalue weighted by Gasteiger charge is 2.29. The highest BCUT2D eigenvalue weighted by molar-refractivity contribution is 5.92. The van der Waals surface area contributed by atoms with Crippen LogP contribution in [0.4, 0.5) is 5.82 Å². The Morgan fingerprint density at radius 1 is 1.67 bits per heavy atom. The van der Waals surface area contributed by atoms with Gasteiger partial charge in [-0.1, -0.05) is 6.92 Å². The number of nitrogens with one attached hydrogen (secondary N) is 2. The molecular formula is C10H16N4O. The number of rotatable bonds is 2. The van der Waals surface area contributed by atoms with Gasteiger partial charge >= 0.3 is 0 Å². The molecule has 1 fully saturated rings. The Morgan fingerprint density at radius 3 is 3.00 bits per heavy atom. The van der Waals surface area contributed by atoms with E-state index < -0.39 is 0 Å². The van der Waals surface area contributed by atoms with E-state index >= 15 is 0 Å². The molecule has 1 saturated heterocycles. The smallest absolute Gasteiger partial charge is 0.230 e. The summed E-state index contributed by atoms with van der Waals surface area (Å²) in [6.07, 6.45) is 1.67. The first-order chi connectivity index (χ1) is 7.18. The number of carbonyl (C=O) groups is 1. The third-order valence-corrected chi connectivity index (χ3v) is 2.93. The number of aromatic nitrogens is 2. The van der Waals surface area contributed by atoms with Crippen molar-refractivity contribution in [3.05, 3.63) is 12.3 Å². The topological polar surface area (TPSA) is 59.0 Å². The monoisotopic (exact) mass is 208 g/mol. The molecule has 5 nitrogen and oxygen atoms in total. The Labute approximate surface area is 88.8 Å². The van der Waals surface area contributed by atoms with Crippen LogP contribution in [0.5, 0.6) is 0 Å². The zero-order valence-corrected chi connectivity index (χ0v) is 9.03. The zero-order valence-electron chi connectivity index (χ0n) is 9.03. The van der Waals surface area contributed by atoms with Gasteiger partial charge in [-0.2, -0.15) is 5.10 Å².